The molecule has 0 bridgehead atoms. The zero-order valence-electron chi connectivity index (χ0n) is 28.1. The van der Waals surface area contributed by atoms with E-state index in [1.165, 1.54) is 0 Å². The molecule has 3 aliphatic heterocycles. The van der Waals surface area contributed by atoms with Crippen LogP contribution in [-0.2, 0) is 19.0 Å². The summed E-state index contributed by atoms with van der Waals surface area (Å²) in [7, 11) is 0. The Hall–Kier alpha value is -2.20. The minimum absolute atomic E-state index is 0.0211. The highest BCUT2D eigenvalue weighted by Gasteiger charge is 2.45. The van der Waals surface area contributed by atoms with Crippen molar-refractivity contribution < 1.29 is 34.0 Å². The molecule has 0 spiro atoms. The number of carbonyl (C=O) groups is 2. The summed E-state index contributed by atoms with van der Waals surface area (Å²) in [5, 5.41) is 20.7. The Balaban J connectivity index is 1.66. The molecule has 0 aromatic carbocycles. The Labute approximate surface area is 265 Å². The minimum atomic E-state index is -0.817. The molecule has 2 N–H and O–H groups in total. The van der Waals surface area contributed by atoms with E-state index in [2.05, 4.69) is 24.8 Å². The van der Waals surface area contributed by atoms with Gasteiger partial charge in [-0.3, -0.25) is 4.79 Å². The van der Waals surface area contributed by atoms with Crippen molar-refractivity contribution in [1.29, 1.82) is 0 Å². The average Bonchev–Trinajstić information content (AvgIpc) is 3.77. The van der Waals surface area contributed by atoms with E-state index in [4.69, 9.17) is 14.2 Å². The summed E-state index contributed by atoms with van der Waals surface area (Å²) in [6.45, 7) is 18.2. The second kappa shape index (κ2) is 17.5. The number of hydrogen-bond donors (Lipinski definition) is 2. The molecule has 10 atom stereocenters. The van der Waals surface area contributed by atoms with E-state index in [-0.39, 0.29) is 54.5 Å². The summed E-state index contributed by atoms with van der Waals surface area (Å²) in [6, 6.07) is 0. The van der Waals surface area contributed by atoms with E-state index in [1.807, 2.05) is 58.9 Å². The maximum absolute atomic E-state index is 13.1. The van der Waals surface area contributed by atoms with Crippen molar-refractivity contribution in [2.45, 2.75) is 117 Å². The first-order chi connectivity index (χ1) is 20.9. The molecule has 3 rings (SSSR count). The van der Waals surface area contributed by atoms with Crippen molar-refractivity contribution in [1.82, 2.24) is 9.80 Å². The lowest BCUT2D eigenvalue weighted by atomic mass is 9.92. The number of nitrogens with zero attached hydrogens (tertiary/aromatic N) is 2. The number of amides is 1. The van der Waals surface area contributed by atoms with Crippen LogP contribution in [0.15, 0.2) is 36.0 Å². The monoisotopic (exact) mass is 618 g/mol. The molecule has 9 heteroatoms. The van der Waals surface area contributed by atoms with Gasteiger partial charge in [0.05, 0.1) is 30.8 Å². The topological polar surface area (TPSA) is 112 Å². The zero-order valence-corrected chi connectivity index (χ0v) is 28.1. The summed E-state index contributed by atoms with van der Waals surface area (Å²) in [5.41, 5.74) is 0.890. The van der Waals surface area contributed by atoms with Crippen LogP contribution in [0.3, 0.4) is 0 Å². The van der Waals surface area contributed by atoms with E-state index >= 15 is 0 Å². The van der Waals surface area contributed by atoms with Crippen molar-refractivity contribution in [3.63, 3.8) is 0 Å². The summed E-state index contributed by atoms with van der Waals surface area (Å²) in [4.78, 5) is 30.0. The predicted octanol–water partition coefficient (Wildman–Crippen LogP) is 5.12. The van der Waals surface area contributed by atoms with E-state index < -0.39 is 24.3 Å². The lowest BCUT2D eigenvalue weighted by Gasteiger charge is -2.34. The second-order valence-corrected chi connectivity index (χ2v) is 13.3. The highest BCUT2D eigenvalue weighted by atomic mass is 16.6. The lowest BCUT2D eigenvalue weighted by Crippen LogP contribution is -2.49. The fraction of sp³-hybridized carbons (Fsp3) is 0.771. The van der Waals surface area contributed by atoms with Crippen LogP contribution in [0.5, 0.6) is 0 Å². The van der Waals surface area contributed by atoms with Crippen LogP contribution in [0, 0.1) is 23.7 Å². The first kappa shape index (κ1) is 36.3. The maximum Gasteiger partial charge on any atom is 0.410 e. The molecule has 2 fully saturated rings. The Morgan fingerprint density at radius 2 is 1.84 bits per heavy atom. The fourth-order valence-corrected chi connectivity index (χ4v) is 6.22. The van der Waals surface area contributed by atoms with Crippen LogP contribution in [-0.4, -0.2) is 101 Å². The number of piperazine rings is 1. The van der Waals surface area contributed by atoms with Gasteiger partial charge in [-0.25, -0.2) is 4.79 Å². The second-order valence-electron chi connectivity index (χ2n) is 13.3. The van der Waals surface area contributed by atoms with Gasteiger partial charge in [0, 0.05) is 38.0 Å². The van der Waals surface area contributed by atoms with Gasteiger partial charge in [-0.1, -0.05) is 65.8 Å². The number of aliphatic hydroxyl groups excluding tert-OH is 2. The number of allylic oxidation sites excluding steroid dienone is 3. The van der Waals surface area contributed by atoms with Crippen LogP contribution in [0.1, 0.15) is 80.6 Å². The first-order valence-corrected chi connectivity index (χ1v) is 16.9. The van der Waals surface area contributed by atoms with Gasteiger partial charge in [0.2, 0.25) is 0 Å². The number of rotatable bonds is 10. The van der Waals surface area contributed by atoms with Crippen LogP contribution in [0.2, 0.25) is 0 Å². The number of cyclic esters (lactones) is 1. The third-order valence-corrected chi connectivity index (χ3v) is 9.59. The van der Waals surface area contributed by atoms with Gasteiger partial charge < -0.3 is 34.2 Å². The molecule has 1 amide bonds. The largest absolute Gasteiger partial charge is 0.457 e. The number of ether oxygens (including phenoxy) is 3. The smallest absolute Gasteiger partial charge is 0.410 e. The van der Waals surface area contributed by atoms with E-state index in [1.54, 1.807) is 4.90 Å². The third-order valence-electron chi connectivity index (χ3n) is 9.59. The van der Waals surface area contributed by atoms with Gasteiger partial charge in [-0.2, -0.15) is 0 Å². The summed E-state index contributed by atoms with van der Waals surface area (Å²) in [5.74, 6) is -0.197. The lowest BCUT2D eigenvalue weighted by molar-refractivity contribution is -0.151. The van der Waals surface area contributed by atoms with Crippen LogP contribution in [0.25, 0.3) is 0 Å². The van der Waals surface area contributed by atoms with Crippen LogP contribution < -0.4 is 0 Å². The Bertz CT molecular complexity index is 1010. The Kier molecular flexibility index (Phi) is 14.4. The number of esters is 1. The molecule has 2 saturated heterocycles. The van der Waals surface area contributed by atoms with Gasteiger partial charge >= 0.3 is 12.1 Å². The highest BCUT2D eigenvalue weighted by molar-refractivity contribution is 5.70. The number of epoxide rings is 1. The zero-order chi connectivity index (χ0) is 32.4. The minimum Gasteiger partial charge on any atom is -0.457 e. The molecule has 3 heterocycles. The van der Waals surface area contributed by atoms with Crippen molar-refractivity contribution >= 4 is 12.1 Å². The van der Waals surface area contributed by atoms with E-state index in [0.717, 1.165) is 38.0 Å². The van der Waals surface area contributed by atoms with E-state index in [0.29, 0.717) is 25.9 Å². The number of hydrogen-bond acceptors (Lipinski definition) is 8. The molecule has 9 nitrogen and oxygen atoms in total. The molecule has 0 saturated carbocycles. The van der Waals surface area contributed by atoms with Gasteiger partial charge in [0.25, 0.3) is 0 Å². The normalized spacial score (nSPS) is 33.9. The number of carbonyl (C=O) groups excluding carboxylic acids is 2. The maximum atomic E-state index is 13.1. The Morgan fingerprint density at radius 1 is 1.14 bits per heavy atom. The summed E-state index contributed by atoms with van der Waals surface area (Å²) >= 11 is 0. The standard InChI is InChI=1S/C35H58N2O7/c1-8-29(39)27(7)34-31(42-34)21-23(3)11-10-12-25(5)33-26(6)14-16-30(24(4)13-15-28(38)22-32(40)44-33)43-35(41)37-19-17-36(9-2)18-20-37/h10-12,14,16,23-24,26-31,33-34,38-39H,8-9,13,15,17-22H2,1-7H3/b11-10+,16-14+,25-12+/t23-,24+,26+,27-,28-,29+,30+,31-,33-,34-/m1/s1. The van der Waals surface area contributed by atoms with Crippen molar-refractivity contribution in [3.8, 4) is 0 Å². The SMILES string of the molecule is CC[C@H](O)[C@@H](C)[C@H]1O[C@@H]1C[C@H](C)/C=C/C=C(\C)[C@H]1OC(=O)C[C@H](O)CC[C@H](C)[C@@H](OC(=O)N2CCN(CC)CC2)/C=C/[C@@H]1C. The number of likely N-dealkylation sites (N-methyl/N-ethyl adjacent to an activating group) is 1. The molecule has 44 heavy (non-hydrogen) atoms. The van der Waals surface area contributed by atoms with Crippen molar-refractivity contribution in [3.05, 3.63) is 36.0 Å². The first-order valence-electron chi connectivity index (χ1n) is 16.9. The molecule has 0 aromatic heterocycles. The van der Waals surface area contributed by atoms with Gasteiger partial charge in [-0.05, 0) is 62.6 Å². The van der Waals surface area contributed by atoms with Crippen molar-refractivity contribution in [2.75, 3.05) is 32.7 Å². The quantitative estimate of drug-likeness (QED) is 0.150. The highest BCUT2D eigenvalue weighted by Crippen LogP contribution is 2.36. The molecule has 0 aliphatic carbocycles. The van der Waals surface area contributed by atoms with Crippen LogP contribution in [0.4, 0.5) is 4.79 Å². The summed E-state index contributed by atoms with van der Waals surface area (Å²) < 4.78 is 17.8. The molecule has 0 radical (unpaired) electrons. The summed E-state index contributed by atoms with van der Waals surface area (Å²) in [6.07, 6.45) is 10.5. The van der Waals surface area contributed by atoms with Gasteiger partial charge in [0.15, 0.2) is 0 Å². The van der Waals surface area contributed by atoms with E-state index in [9.17, 15) is 19.8 Å². The molecular formula is C35H58N2O7. The van der Waals surface area contributed by atoms with Gasteiger partial charge in [-0.15, -0.1) is 0 Å². The molecular weight excluding hydrogens is 560 g/mol. The van der Waals surface area contributed by atoms with Crippen LogP contribution >= 0.6 is 0 Å². The molecule has 3 aliphatic rings. The molecule has 250 valence electrons. The predicted molar refractivity (Wildman–Crippen MR) is 172 cm³/mol. The van der Waals surface area contributed by atoms with Gasteiger partial charge in [0.1, 0.15) is 12.2 Å². The average molecular weight is 619 g/mol. The van der Waals surface area contributed by atoms with Crippen molar-refractivity contribution in [2.24, 2.45) is 23.7 Å². The number of aliphatic hydroxyl groups is 2. The third kappa shape index (κ3) is 11.0. The Morgan fingerprint density at radius 3 is 2.50 bits per heavy atom. The molecule has 0 aromatic rings. The molecule has 0 unspecified atom stereocenters. The fourth-order valence-electron chi connectivity index (χ4n) is 6.22.